The Balaban J connectivity index is 2.52. The molecule has 0 atom stereocenters. The number of rotatable bonds is 7. The van der Waals surface area contributed by atoms with E-state index in [2.05, 4.69) is 6.92 Å². The van der Waals surface area contributed by atoms with Gasteiger partial charge in [0.05, 0.1) is 0 Å². The number of unbranched alkanes of at least 4 members (excludes halogenated alkanes) is 2. The van der Waals surface area contributed by atoms with Crippen molar-refractivity contribution in [2.45, 2.75) is 45.7 Å². The number of nitrogens with two attached hydrogens (primary N) is 1. The molecular formula is C15H24N2O. The standard InChI is InChI=1S/C15H24N2O/c1-3-4-5-10-15(18)17(2)12-14-9-7-6-8-13(14)11-16/h6-9H,3-5,10-12,16H2,1-2H3. The van der Waals surface area contributed by atoms with Crippen LogP contribution in [0.3, 0.4) is 0 Å². The maximum atomic E-state index is 11.9. The Labute approximate surface area is 110 Å². The average molecular weight is 248 g/mol. The topological polar surface area (TPSA) is 46.3 Å². The Morgan fingerprint density at radius 3 is 2.50 bits per heavy atom. The molecule has 0 unspecified atom stereocenters. The fraction of sp³-hybridized carbons (Fsp3) is 0.533. The van der Waals surface area contributed by atoms with Crippen LogP contribution in [0, 0.1) is 0 Å². The number of nitrogens with zero attached hydrogens (tertiary/aromatic N) is 1. The molecule has 18 heavy (non-hydrogen) atoms. The predicted octanol–water partition coefficient (Wildman–Crippen LogP) is 2.68. The predicted molar refractivity (Wildman–Crippen MR) is 74.9 cm³/mol. The van der Waals surface area contributed by atoms with Gasteiger partial charge in [0.2, 0.25) is 5.91 Å². The van der Waals surface area contributed by atoms with Crippen molar-refractivity contribution < 1.29 is 4.79 Å². The van der Waals surface area contributed by atoms with Gasteiger partial charge in [-0.25, -0.2) is 0 Å². The highest BCUT2D eigenvalue weighted by atomic mass is 16.2. The third-order valence-electron chi connectivity index (χ3n) is 3.17. The molecule has 0 fully saturated rings. The number of carbonyl (C=O) groups is 1. The summed E-state index contributed by atoms with van der Waals surface area (Å²) in [6.45, 7) is 3.32. The van der Waals surface area contributed by atoms with Gasteiger partial charge >= 0.3 is 0 Å². The fourth-order valence-electron chi connectivity index (χ4n) is 1.97. The summed E-state index contributed by atoms with van der Waals surface area (Å²) in [5.41, 5.74) is 7.96. The second-order valence-electron chi connectivity index (χ2n) is 4.68. The quantitative estimate of drug-likeness (QED) is 0.754. The minimum atomic E-state index is 0.218. The number of hydrogen-bond donors (Lipinski definition) is 1. The molecule has 0 aliphatic heterocycles. The zero-order chi connectivity index (χ0) is 13.4. The summed E-state index contributed by atoms with van der Waals surface area (Å²) in [7, 11) is 1.86. The highest BCUT2D eigenvalue weighted by Gasteiger charge is 2.10. The van der Waals surface area contributed by atoms with Gasteiger partial charge in [0.15, 0.2) is 0 Å². The van der Waals surface area contributed by atoms with Crippen LogP contribution in [0.15, 0.2) is 24.3 Å². The molecule has 3 heteroatoms. The molecule has 100 valence electrons. The Morgan fingerprint density at radius 1 is 1.22 bits per heavy atom. The monoisotopic (exact) mass is 248 g/mol. The van der Waals surface area contributed by atoms with Gasteiger partial charge in [-0.1, -0.05) is 44.0 Å². The van der Waals surface area contributed by atoms with Gasteiger partial charge in [-0.05, 0) is 17.5 Å². The van der Waals surface area contributed by atoms with Crippen molar-refractivity contribution in [2.24, 2.45) is 5.73 Å². The number of amides is 1. The lowest BCUT2D eigenvalue weighted by Crippen LogP contribution is -2.26. The van der Waals surface area contributed by atoms with E-state index in [-0.39, 0.29) is 5.91 Å². The molecule has 0 heterocycles. The summed E-state index contributed by atoms with van der Waals surface area (Å²) in [5.74, 6) is 0.218. The fourth-order valence-corrected chi connectivity index (χ4v) is 1.97. The van der Waals surface area contributed by atoms with Crippen molar-refractivity contribution in [2.75, 3.05) is 7.05 Å². The molecule has 0 radical (unpaired) electrons. The van der Waals surface area contributed by atoms with Crippen LogP contribution in [0.25, 0.3) is 0 Å². The zero-order valence-corrected chi connectivity index (χ0v) is 11.5. The lowest BCUT2D eigenvalue weighted by atomic mass is 10.1. The summed E-state index contributed by atoms with van der Waals surface area (Å²) >= 11 is 0. The first-order valence-corrected chi connectivity index (χ1v) is 6.69. The molecule has 3 nitrogen and oxygen atoms in total. The normalized spacial score (nSPS) is 10.4. The molecule has 0 aliphatic carbocycles. The highest BCUT2D eigenvalue weighted by Crippen LogP contribution is 2.11. The number of carbonyl (C=O) groups excluding carboxylic acids is 1. The first kappa shape index (κ1) is 14.7. The maximum absolute atomic E-state index is 11.9. The Morgan fingerprint density at radius 2 is 1.89 bits per heavy atom. The molecule has 1 rings (SSSR count). The van der Waals surface area contributed by atoms with Crippen molar-refractivity contribution in [3.63, 3.8) is 0 Å². The van der Waals surface area contributed by atoms with E-state index in [4.69, 9.17) is 5.73 Å². The van der Waals surface area contributed by atoms with E-state index in [1.54, 1.807) is 4.90 Å². The maximum Gasteiger partial charge on any atom is 0.222 e. The van der Waals surface area contributed by atoms with Crippen LogP contribution in [0.2, 0.25) is 0 Å². The van der Waals surface area contributed by atoms with E-state index in [1.807, 2.05) is 31.3 Å². The lowest BCUT2D eigenvalue weighted by molar-refractivity contribution is -0.130. The van der Waals surface area contributed by atoms with E-state index in [9.17, 15) is 4.79 Å². The molecule has 0 saturated heterocycles. The van der Waals surface area contributed by atoms with Crippen LogP contribution < -0.4 is 5.73 Å². The summed E-state index contributed by atoms with van der Waals surface area (Å²) in [6.07, 6.45) is 3.90. The Kier molecular flexibility index (Phi) is 6.44. The van der Waals surface area contributed by atoms with Crippen molar-refractivity contribution in [1.29, 1.82) is 0 Å². The number of hydrogen-bond acceptors (Lipinski definition) is 2. The summed E-state index contributed by atoms with van der Waals surface area (Å²) in [5, 5.41) is 0. The second kappa shape index (κ2) is 7.88. The van der Waals surface area contributed by atoms with Gasteiger partial charge in [-0.3, -0.25) is 4.79 Å². The molecule has 1 aromatic carbocycles. The van der Waals surface area contributed by atoms with E-state index < -0.39 is 0 Å². The Hall–Kier alpha value is -1.35. The Bertz CT molecular complexity index is 377. The van der Waals surface area contributed by atoms with E-state index in [0.29, 0.717) is 19.5 Å². The minimum absolute atomic E-state index is 0.218. The summed E-state index contributed by atoms with van der Waals surface area (Å²) in [6, 6.07) is 8.03. The minimum Gasteiger partial charge on any atom is -0.341 e. The number of benzene rings is 1. The summed E-state index contributed by atoms with van der Waals surface area (Å²) < 4.78 is 0. The first-order chi connectivity index (χ1) is 8.69. The van der Waals surface area contributed by atoms with Crippen LogP contribution >= 0.6 is 0 Å². The zero-order valence-electron chi connectivity index (χ0n) is 11.5. The molecular weight excluding hydrogens is 224 g/mol. The van der Waals surface area contributed by atoms with Crippen LogP contribution in [0.5, 0.6) is 0 Å². The largest absolute Gasteiger partial charge is 0.341 e. The second-order valence-corrected chi connectivity index (χ2v) is 4.68. The molecule has 1 amide bonds. The molecule has 1 aromatic rings. The van der Waals surface area contributed by atoms with Gasteiger partial charge < -0.3 is 10.6 Å². The van der Waals surface area contributed by atoms with Gasteiger partial charge in [0.25, 0.3) is 0 Å². The summed E-state index contributed by atoms with van der Waals surface area (Å²) in [4.78, 5) is 13.7. The molecule has 0 aliphatic rings. The molecule has 0 spiro atoms. The van der Waals surface area contributed by atoms with Gasteiger partial charge in [-0.15, -0.1) is 0 Å². The van der Waals surface area contributed by atoms with Gasteiger partial charge in [0.1, 0.15) is 0 Å². The highest BCUT2D eigenvalue weighted by molar-refractivity contribution is 5.75. The van der Waals surface area contributed by atoms with E-state index in [0.717, 1.165) is 30.4 Å². The average Bonchev–Trinajstić information content (AvgIpc) is 2.39. The van der Waals surface area contributed by atoms with Crippen LogP contribution in [-0.4, -0.2) is 17.9 Å². The van der Waals surface area contributed by atoms with Gasteiger partial charge in [0, 0.05) is 26.6 Å². The van der Waals surface area contributed by atoms with Crippen LogP contribution in [0.1, 0.15) is 43.7 Å². The first-order valence-electron chi connectivity index (χ1n) is 6.69. The van der Waals surface area contributed by atoms with E-state index >= 15 is 0 Å². The molecule has 0 saturated carbocycles. The van der Waals surface area contributed by atoms with Crippen molar-refractivity contribution in [3.05, 3.63) is 35.4 Å². The van der Waals surface area contributed by atoms with Gasteiger partial charge in [-0.2, -0.15) is 0 Å². The van der Waals surface area contributed by atoms with Crippen LogP contribution in [-0.2, 0) is 17.9 Å². The van der Waals surface area contributed by atoms with Crippen LogP contribution in [0.4, 0.5) is 0 Å². The van der Waals surface area contributed by atoms with Crippen molar-refractivity contribution in [1.82, 2.24) is 4.90 Å². The molecule has 0 aromatic heterocycles. The molecule has 0 bridgehead atoms. The third-order valence-corrected chi connectivity index (χ3v) is 3.17. The molecule has 2 N–H and O–H groups in total. The lowest BCUT2D eigenvalue weighted by Gasteiger charge is -2.19. The SMILES string of the molecule is CCCCCC(=O)N(C)Cc1ccccc1CN. The van der Waals surface area contributed by atoms with Crippen molar-refractivity contribution >= 4 is 5.91 Å². The van der Waals surface area contributed by atoms with Crippen molar-refractivity contribution in [3.8, 4) is 0 Å². The van der Waals surface area contributed by atoms with E-state index in [1.165, 1.54) is 0 Å². The smallest absolute Gasteiger partial charge is 0.222 e. The third kappa shape index (κ3) is 4.49.